The average Bonchev–Trinajstić information content (AvgIpc) is 2.32. The van der Waals surface area contributed by atoms with Crippen molar-refractivity contribution in [3.8, 4) is 0 Å². The second-order valence-electron chi connectivity index (χ2n) is 5.75. The summed E-state index contributed by atoms with van der Waals surface area (Å²) in [6, 6.07) is 8.79. The van der Waals surface area contributed by atoms with Gasteiger partial charge in [-0.15, -0.1) is 0 Å². The van der Waals surface area contributed by atoms with Crippen molar-refractivity contribution >= 4 is 0 Å². The number of benzene rings is 1. The molecule has 0 aliphatic heterocycles. The molecule has 0 heterocycles. The van der Waals surface area contributed by atoms with E-state index in [2.05, 4.69) is 43.4 Å². The molecule has 0 bridgehead atoms. The van der Waals surface area contributed by atoms with E-state index in [0.717, 1.165) is 18.4 Å². The molecule has 0 spiro atoms. The lowest BCUT2D eigenvalue weighted by Crippen LogP contribution is -2.25. The number of hydrogen-bond acceptors (Lipinski definition) is 1. The molecule has 1 aromatic rings. The van der Waals surface area contributed by atoms with Gasteiger partial charge in [0.05, 0.1) is 0 Å². The largest absolute Gasteiger partial charge is 0.312 e. The Morgan fingerprint density at radius 1 is 1.18 bits per heavy atom. The fourth-order valence-electron chi connectivity index (χ4n) is 2.78. The highest BCUT2D eigenvalue weighted by Crippen LogP contribution is 2.27. The Hall–Kier alpha value is -0.820. The summed E-state index contributed by atoms with van der Waals surface area (Å²) in [4.78, 5) is 0. The van der Waals surface area contributed by atoms with Crippen molar-refractivity contribution in [1.29, 1.82) is 0 Å². The van der Waals surface area contributed by atoms with Gasteiger partial charge < -0.3 is 5.32 Å². The first kappa shape index (κ1) is 12.6. The van der Waals surface area contributed by atoms with Gasteiger partial charge in [0.2, 0.25) is 0 Å². The highest BCUT2D eigenvalue weighted by Gasteiger charge is 2.17. The molecular weight excluding hydrogens is 206 g/mol. The quantitative estimate of drug-likeness (QED) is 0.828. The van der Waals surface area contributed by atoms with Gasteiger partial charge in [-0.25, -0.2) is 0 Å². The smallest absolute Gasteiger partial charge is 0.0205 e. The Morgan fingerprint density at radius 2 is 1.94 bits per heavy atom. The zero-order chi connectivity index (χ0) is 12.1. The molecule has 1 nitrogen and oxygen atoms in total. The predicted molar refractivity (Wildman–Crippen MR) is 74.0 cm³/mol. The molecule has 1 aliphatic rings. The molecule has 1 aromatic carbocycles. The van der Waals surface area contributed by atoms with E-state index in [1.54, 1.807) is 0 Å². The number of rotatable bonds is 4. The van der Waals surface area contributed by atoms with Gasteiger partial charge in [0, 0.05) is 6.54 Å². The third kappa shape index (κ3) is 4.16. The third-order valence-corrected chi connectivity index (χ3v) is 3.98. The van der Waals surface area contributed by atoms with E-state index in [4.69, 9.17) is 0 Å². The maximum atomic E-state index is 3.61. The van der Waals surface area contributed by atoms with Crippen molar-refractivity contribution < 1.29 is 0 Å². The minimum absolute atomic E-state index is 0.913. The molecule has 17 heavy (non-hydrogen) atoms. The second kappa shape index (κ2) is 6.20. The van der Waals surface area contributed by atoms with Gasteiger partial charge in [0.25, 0.3) is 0 Å². The summed E-state index contributed by atoms with van der Waals surface area (Å²) in [5, 5.41) is 3.61. The van der Waals surface area contributed by atoms with Crippen LogP contribution in [0.1, 0.15) is 43.7 Å². The highest BCUT2D eigenvalue weighted by molar-refractivity contribution is 5.21. The summed E-state index contributed by atoms with van der Waals surface area (Å²) in [7, 11) is 0. The third-order valence-electron chi connectivity index (χ3n) is 3.98. The van der Waals surface area contributed by atoms with Crippen LogP contribution in [0.15, 0.2) is 24.3 Å². The van der Waals surface area contributed by atoms with E-state index in [1.165, 1.54) is 43.4 Å². The van der Waals surface area contributed by atoms with Crippen molar-refractivity contribution in [1.82, 2.24) is 5.32 Å². The first-order valence-corrected chi connectivity index (χ1v) is 7.00. The lowest BCUT2D eigenvalue weighted by atomic mass is 9.83. The molecule has 1 heteroatoms. The van der Waals surface area contributed by atoms with Gasteiger partial charge in [-0.05, 0) is 43.7 Å². The summed E-state index contributed by atoms with van der Waals surface area (Å²) in [6.45, 7) is 6.76. The zero-order valence-corrected chi connectivity index (χ0v) is 11.2. The van der Waals surface area contributed by atoms with Crippen LogP contribution in [0.2, 0.25) is 0 Å². The molecule has 0 aromatic heterocycles. The van der Waals surface area contributed by atoms with Crippen LogP contribution in [0, 0.1) is 18.8 Å². The lowest BCUT2D eigenvalue weighted by molar-refractivity contribution is 0.281. The summed E-state index contributed by atoms with van der Waals surface area (Å²) >= 11 is 0. The van der Waals surface area contributed by atoms with Gasteiger partial charge in [-0.1, -0.05) is 49.6 Å². The first-order chi connectivity index (χ1) is 8.24. The van der Waals surface area contributed by atoms with Crippen LogP contribution in [-0.2, 0) is 6.54 Å². The molecule has 1 N–H and O–H groups in total. The SMILES string of the molecule is Cc1cccc(CNCC2CCC(C)CC2)c1. The van der Waals surface area contributed by atoms with Crippen molar-refractivity contribution in [3.63, 3.8) is 0 Å². The van der Waals surface area contributed by atoms with Gasteiger partial charge in [-0.3, -0.25) is 0 Å². The monoisotopic (exact) mass is 231 g/mol. The van der Waals surface area contributed by atoms with Crippen molar-refractivity contribution in [2.75, 3.05) is 6.54 Å². The Labute approximate surface area is 106 Å². The average molecular weight is 231 g/mol. The number of nitrogens with one attached hydrogen (secondary N) is 1. The Kier molecular flexibility index (Phi) is 4.61. The van der Waals surface area contributed by atoms with E-state index < -0.39 is 0 Å². The standard InChI is InChI=1S/C16H25N/c1-13-6-8-15(9-7-13)11-17-12-16-5-3-4-14(2)10-16/h3-5,10,13,15,17H,6-9,11-12H2,1-2H3. The molecule has 1 aliphatic carbocycles. The van der Waals surface area contributed by atoms with Crippen molar-refractivity contribution in [2.45, 2.75) is 46.1 Å². The van der Waals surface area contributed by atoms with Crippen LogP contribution in [0.3, 0.4) is 0 Å². The maximum Gasteiger partial charge on any atom is 0.0205 e. The Balaban J connectivity index is 1.69. The van der Waals surface area contributed by atoms with E-state index in [-0.39, 0.29) is 0 Å². The molecule has 0 saturated heterocycles. The van der Waals surface area contributed by atoms with Crippen molar-refractivity contribution in [2.24, 2.45) is 11.8 Å². The van der Waals surface area contributed by atoms with Crippen LogP contribution in [0.4, 0.5) is 0 Å². The second-order valence-corrected chi connectivity index (χ2v) is 5.75. The van der Waals surface area contributed by atoms with E-state index in [9.17, 15) is 0 Å². The Morgan fingerprint density at radius 3 is 2.65 bits per heavy atom. The maximum absolute atomic E-state index is 3.61. The summed E-state index contributed by atoms with van der Waals surface area (Å²) in [5.41, 5.74) is 2.77. The lowest BCUT2D eigenvalue weighted by Gasteiger charge is -2.26. The summed E-state index contributed by atoms with van der Waals surface area (Å²) < 4.78 is 0. The number of hydrogen-bond donors (Lipinski definition) is 1. The molecular formula is C16H25N. The van der Waals surface area contributed by atoms with Crippen molar-refractivity contribution in [3.05, 3.63) is 35.4 Å². The Bertz CT molecular complexity index is 337. The minimum atomic E-state index is 0.913. The van der Waals surface area contributed by atoms with Gasteiger partial charge in [0.15, 0.2) is 0 Å². The summed E-state index contributed by atoms with van der Waals surface area (Å²) in [6.07, 6.45) is 5.69. The van der Waals surface area contributed by atoms with Gasteiger partial charge in [0.1, 0.15) is 0 Å². The summed E-state index contributed by atoms with van der Waals surface area (Å²) in [5.74, 6) is 1.87. The van der Waals surface area contributed by atoms with E-state index in [1.807, 2.05) is 0 Å². The molecule has 94 valence electrons. The van der Waals surface area contributed by atoms with E-state index >= 15 is 0 Å². The molecule has 0 radical (unpaired) electrons. The molecule has 1 fully saturated rings. The molecule has 1 saturated carbocycles. The van der Waals surface area contributed by atoms with Crippen LogP contribution in [0.25, 0.3) is 0 Å². The molecule has 0 unspecified atom stereocenters. The first-order valence-electron chi connectivity index (χ1n) is 7.00. The normalized spacial score (nSPS) is 24.8. The topological polar surface area (TPSA) is 12.0 Å². The number of aryl methyl sites for hydroxylation is 1. The minimum Gasteiger partial charge on any atom is -0.312 e. The van der Waals surface area contributed by atoms with Gasteiger partial charge >= 0.3 is 0 Å². The van der Waals surface area contributed by atoms with Crippen LogP contribution in [0.5, 0.6) is 0 Å². The highest BCUT2D eigenvalue weighted by atomic mass is 14.9. The zero-order valence-electron chi connectivity index (χ0n) is 11.2. The van der Waals surface area contributed by atoms with E-state index in [0.29, 0.717) is 0 Å². The molecule has 0 atom stereocenters. The van der Waals surface area contributed by atoms with Gasteiger partial charge in [-0.2, -0.15) is 0 Å². The van der Waals surface area contributed by atoms with Crippen LogP contribution in [-0.4, -0.2) is 6.54 Å². The molecule has 0 amide bonds. The molecule has 2 rings (SSSR count). The predicted octanol–water partition coefficient (Wildman–Crippen LogP) is 3.91. The fraction of sp³-hybridized carbons (Fsp3) is 0.625. The fourth-order valence-corrected chi connectivity index (χ4v) is 2.78. The van der Waals surface area contributed by atoms with Crippen LogP contribution < -0.4 is 5.32 Å². The van der Waals surface area contributed by atoms with Crippen LogP contribution >= 0.6 is 0 Å².